The molecule has 4 rings (SSSR count). The normalized spacial score (nSPS) is 12.7. The molecular weight excluding hydrogens is 584 g/mol. The predicted octanol–water partition coefficient (Wildman–Crippen LogP) is 10.6. The molecule has 0 aliphatic carbocycles. The number of para-hydroxylation sites is 2. The van der Waals surface area contributed by atoms with E-state index in [1.807, 2.05) is 0 Å². The number of benzene rings is 4. The lowest BCUT2D eigenvalue weighted by atomic mass is 10.2. The first-order valence-corrected chi connectivity index (χ1v) is 13.0. The Kier molecular flexibility index (Phi) is 8.60. The Morgan fingerprint density at radius 2 is 0.650 bits per heavy atom. The van der Waals surface area contributed by atoms with Crippen molar-refractivity contribution >= 4 is 23.5 Å². The molecule has 0 unspecified atom stereocenters. The van der Waals surface area contributed by atoms with Gasteiger partial charge in [-0.3, -0.25) is 0 Å². The van der Waals surface area contributed by atoms with Gasteiger partial charge in [-0.15, -0.1) is 0 Å². The summed E-state index contributed by atoms with van der Waals surface area (Å²) in [5.41, 5.74) is 0. The minimum Gasteiger partial charge on any atom is -0.457 e. The number of hydrogen-bond donors (Lipinski definition) is 0. The van der Waals surface area contributed by atoms with E-state index in [1.54, 1.807) is 60.7 Å². The van der Waals surface area contributed by atoms with Crippen LogP contribution in [0.15, 0.2) is 119 Å². The minimum atomic E-state index is -6.43. The second kappa shape index (κ2) is 11.6. The zero-order chi connectivity index (χ0) is 29.0. The highest BCUT2D eigenvalue weighted by Crippen LogP contribution is 2.61. The van der Waals surface area contributed by atoms with Gasteiger partial charge in [0.15, 0.2) is 0 Å². The molecule has 0 spiro atoms. The molecule has 2 nitrogen and oxygen atoms in total. The molecule has 0 radical (unpaired) electrons. The average Bonchev–Trinajstić information content (AvgIpc) is 2.91. The van der Waals surface area contributed by atoms with Crippen LogP contribution in [0.5, 0.6) is 23.0 Å². The van der Waals surface area contributed by atoms with E-state index >= 15 is 0 Å². The van der Waals surface area contributed by atoms with Gasteiger partial charge < -0.3 is 9.47 Å². The molecule has 0 fully saturated rings. The molecule has 0 N–H and O–H groups in total. The summed E-state index contributed by atoms with van der Waals surface area (Å²) in [6.45, 7) is 0. The number of thioether (sulfide) groups is 2. The SMILES string of the molecule is FC(F)(Sc1ccc(Oc2ccccc2)cc1)C(F)(F)C(F)(F)C(F)(F)Sc1ccc(Oc2ccccc2)cc1. The Morgan fingerprint density at radius 3 is 0.950 bits per heavy atom. The van der Waals surface area contributed by atoms with Gasteiger partial charge in [0.25, 0.3) is 0 Å². The summed E-state index contributed by atoms with van der Waals surface area (Å²) in [4.78, 5) is -1.13. The molecule has 0 bridgehead atoms. The van der Waals surface area contributed by atoms with Crippen LogP contribution < -0.4 is 9.47 Å². The smallest absolute Gasteiger partial charge is 0.389 e. The van der Waals surface area contributed by atoms with Crippen molar-refractivity contribution in [1.29, 1.82) is 0 Å². The first-order chi connectivity index (χ1) is 18.8. The van der Waals surface area contributed by atoms with E-state index in [4.69, 9.17) is 9.47 Å². The minimum absolute atomic E-state index is 0.152. The van der Waals surface area contributed by atoms with E-state index in [2.05, 4.69) is 0 Å². The molecule has 12 heteroatoms. The fraction of sp³-hybridized carbons (Fsp3) is 0.143. The molecule has 0 aliphatic heterocycles. The van der Waals surface area contributed by atoms with Crippen molar-refractivity contribution in [2.24, 2.45) is 0 Å². The Bertz CT molecular complexity index is 1280. The molecule has 0 saturated carbocycles. The van der Waals surface area contributed by atoms with E-state index < -0.39 is 55.7 Å². The van der Waals surface area contributed by atoms with Crippen molar-refractivity contribution in [3.8, 4) is 23.0 Å². The topological polar surface area (TPSA) is 18.5 Å². The highest BCUT2D eigenvalue weighted by molar-refractivity contribution is 8.00. The van der Waals surface area contributed by atoms with Crippen LogP contribution in [0, 0.1) is 0 Å². The third kappa shape index (κ3) is 6.49. The van der Waals surface area contributed by atoms with Gasteiger partial charge in [0, 0.05) is 9.79 Å². The van der Waals surface area contributed by atoms with E-state index in [0.717, 1.165) is 48.5 Å². The zero-order valence-electron chi connectivity index (χ0n) is 20.0. The molecule has 4 aromatic rings. The number of halogens is 8. The predicted molar refractivity (Wildman–Crippen MR) is 137 cm³/mol. The zero-order valence-corrected chi connectivity index (χ0v) is 21.7. The number of rotatable bonds is 11. The molecule has 0 aromatic heterocycles. The number of ether oxygens (including phenoxy) is 2. The van der Waals surface area contributed by atoms with Gasteiger partial charge >= 0.3 is 22.4 Å². The molecule has 0 atom stereocenters. The number of hydrogen-bond acceptors (Lipinski definition) is 4. The van der Waals surface area contributed by atoms with Crippen molar-refractivity contribution in [2.75, 3.05) is 0 Å². The van der Waals surface area contributed by atoms with Crippen LogP contribution in [0.4, 0.5) is 35.1 Å². The fourth-order valence-electron chi connectivity index (χ4n) is 3.19. The second-order valence-electron chi connectivity index (χ2n) is 8.16. The Morgan fingerprint density at radius 1 is 0.375 bits per heavy atom. The lowest BCUT2D eigenvalue weighted by molar-refractivity contribution is -0.322. The van der Waals surface area contributed by atoms with Gasteiger partial charge in [0.2, 0.25) is 0 Å². The van der Waals surface area contributed by atoms with Crippen molar-refractivity contribution in [3.63, 3.8) is 0 Å². The van der Waals surface area contributed by atoms with Gasteiger partial charge in [-0.2, -0.15) is 35.1 Å². The molecular formula is C28H18F8O2S2. The largest absolute Gasteiger partial charge is 0.457 e. The van der Waals surface area contributed by atoms with Gasteiger partial charge in [-0.25, -0.2) is 0 Å². The summed E-state index contributed by atoms with van der Waals surface area (Å²) in [6, 6.07) is 24.9. The van der Waals surface area contributed by atoms with Crippen LogP contribution in [0.2, 0.25) is 0 Å². The van der Waals surface area contributed by atoms with E-state index in [-0.39, 0.29) is 11.5 Å². The maximum Gasteiger partial charge on any atom is 0.389 e. The lowest BCUT2D eigenvalue weighted by Crippen LogP contribution is -2.60. The Balaban J connectivity index is 1.44. The third-order valence-electron chi connectivity index (χ3n) is 5.22. The van der Waals surface area contributed by atoms with Crippen molar-refractivity contribution < 1.29 is 44.6 Å². The summed E-state index contributed by atoms with van der Waals surface area (Å²) < 4.78 is 127. The monoisotopic (exact) mass is 602 g/mol. The maximum absolute atomic E-state index is 14.5. The van der Waals surface area contributed by atoms with Gasteiger partial charge in [0.05, 0.1) is 0 Å². The van der Waals surface area contributed by atoms with Gasteiger partial charge in [0.1, 0.15) is 23.0 Å². The summed E-state index contributed by atoms with van der Waals surface area (Å²) in [5, 5.41) is -11.2. The molecule has 4 aromatic carbocycles. The molecule has 0 heterocycles. The van der Waals surface area contributed by atoms with E-state index in [9.17, 15) is 35.1 Å². The van der Waals surface area contributed by atoms with E-state index in [0.29, 0.717) is 11.5 Å². The summed E-state index contributed by atoms with van der Waals surface area (Å²) in [5.74, 6) is -11.8. The Labute approximate surface area is 232 Å². The standard InChI is InChI=1S/C28H18F8O2S2/c29-25(30,27(33,34)39-23-15-11-21(12-16-23)37-19-7-3-1-4-8-19)26(31,32)28(35,36)40-24-17-13-22(14-18-24)38-20-9-5-2-6-10-20/h1-18H. The summed E-state index contributed by atoms with van der Waals surface area (Å²) in [6.07, 6.45) is 0. The maximum atomic E-state index is 14.5. The average molecular weight is 603 g/mol. The van der Waals surface area contributed by atoms with Crippen molar-refractivity contribution in [2.45, 2.75) is 32.1 Å². The van der Waals surface area contributed by atoms with Crippen LogP contribution in [0.1, 0.15) is 0 Å². The number of alkyl halides is 8. The van der Waals surface area contributed by atoms with Crippen LogP contribution in [-0.2, 0) is 0 Å². The van der Waals surface area contributed by atoms with Crippen LogP contribution in [-0.4, -0.2) is 22.4 Å². The van der Waals surface area contributed by atoms with Crippen molar-refractivity contribution in [1.82, 2.24) is 0 Å². The molecule has 0 saturated heterocycles. The molecule has 40 heavy (non-hydrogen) atoms. The van der Waals surface area contributed by atoms with Crippen LogP contribution >= 0.6 is 23.5 Å². The van der Waals surface area contributed by atoms with Gasteiger partial charge in [-0.05, 0) is 96.3 Å². The van der Waals surface area contributed by atoms with E-state index in [1.165, 1.54) is 0 Å². The fourth-order valence-corrected chi connectivity index (χ4v) is 4.84. The summed E-state index contributed by atoms with van der Waals surface area (Å²) >= 11 is -1.92. The highest BCUT2D eigenvalue weighted by atomic mass is 32.2. The first-order valence-electron chi connectivity index (χ1n) is 11.4. The van der Waals surface area contributed by atoms with Crippen molar-refractivity contribution in [3.05, 3.63) is 109 Å². The van der Waals surface area contributed by atoms with Crippen LogP contribution in [0.3, 0.4) is 0 Å². The van der Waals surface area contributed by atoms with Gasteiger partial charge in [-0.1, -0.05) is 36.4 Å². The Hall–Kier alpha value is -3.38. The first kappa shape index (κ1) is 29.6. The lowest BCUT2D eigenvalue weighted by Gasteiger charge is -2.36. The molecule has 0 aliphatic rings. The third-order valence-corrected chi connectivity index (χ3v) is 7.26. The molecule has 210 valence electrons. The summed E-state index contributed by atoms with van der Waals surface area (Å²) in [7, 11) is 0. The van der Waals surface area contributed by atoms with Crippen LogP contribution in [0.25, 0.3) is 0 Å². The second-order valence-corrected chi connectivity index (χ2v) is 10.5. The highest BCUT2D eigenvalue weighted by Gasteiger charge is 2.81. The quantitative estimate of drug-likeness (QED) is 0.126. The molecule has 0 amide bonds.